The second kappa shape index (κ2) is 19.6. The summed E-state index contributed by atoms with van der Waals surface area (Å²) in [7, 11) is 0. The molecule has 2 fully saturated rings. The number of nitrogens with zero attached hydrogens (tertiary/aromatic N) is 12. The molecule has 2 aliphatic heterocycles. The summed E-state index contributed by atoms with van der Waals surface area (Å²) < 4.78 is 108. The molecule has 0 radical (unpaired) electrons. The van der Waals surface area contributed by atoms with Crippen LogP contribution in [0.5, 0.6) is 0 Å². The van der Waals surface area contributed by atoms with Gasteiger partial charge in [0.2, 0.25) is 0 Å². The van der Waals surface area contributed by atoms with Crippen molar-refractivity contribution >= 4 is 80.1 Å². The van der Waals surface area contributed by atoms with Gasteiger partial charge in [-0.25, -0.2) is 51.8 Å². The summed E-state index contributed by atoms with van der Waals surface area (Å²) in [6.07, 6.45) is -8.92. The number of carbonyl (C=O) groups excluding carboxylic acids is 2. The molecule has 4 aromatic heterocycles. The van der Waals surface area contributed by atoms with Crippen LogP contribution in [0.4, 0.5) is 58.4 Å². The lowest BCUT2D eigenvalue weighted by Gasteiger charge is -2.35. The monoisotopic (exact) mass is 1010 g/mol. The Morgan fingerprint density at radius 1 is 0.629 bits per heavy atom. The molecule has 0 bridgehead atoms. The molecule has 360 valence electrons. The molecule has 16 nitrogen and oxygen atoms in total. The number of anilines is 4. The van der Waals surface area contributed by atoms with Crippen LogP contribution in [-0.4, -0.2) is 103 Å². The minimum Gasteiger partial charge on any atom is -0.384 e. The molecule has 6 aromatic rings. The quantitative estimate of drug-likeness (QED) is 0.0921. The van der Waals surface area contributed by atoms with Crippen LogP contribution in [0.15, 0.2) is 86.0 Å². The average Bonchev–Trinajstić information content (AvgIpc) is 3.31. The maximum absolute atomic E-state index is 13.6. The Labute approximate surface area is 401 Å². The molecule has 0 unspecified atom stereocenters. The van der Waals surface area contributed by atoms with Crippen molar-refractivity contribution < 1.29 is 44.7 Å². The molecule has 0 spiro atoms. The number of rotatable bonds is 6. The third-order valence-electron chi connectivity index (χ3n) is 11.0. The average molecular weight is 1010 g/mol. The second-order valence-electron chi connectivity index (χ2n) is 15.3. The number of carbonyl (C=O) groups is 2. The Balaban J connectivity index is 0.000000206. The van der Waals surface area contributed by atoms with Crippen molar-refractivity contribution in [3.05, 3.63) is 130 Å². The van der Waals surface area contributed by atoms with E-state index < -0.39 is 70.7 Å². The fourth-order valence-electron chi connectivity index (χ4n) is 7.73. The third-order valence-corrected chi connectivity index (χ3v) is 11.6. The van der Waals surface area contributed by atoms with Crippen LogP contribution in [0.2, 0.25) is 10.0 Å². The molecule has 2 atom stereocenters. The molecular weight excluding hydrogens is 979 g/mol. The lowest BCUT2D eigenvalue weighted by Crippen LogP contribution is -2.54. The first-order valence-electron chi connectivity index (χ1n) is 20.1. The van der Waals surface area contributed by atoms with Gasteiger partial charge in [-0.1, -0.05) is 36.4 Å². The third kappa shape index (κ3) is 10.1. The van der Waals surface area contributed by atoms with Gasteiger partial charge >= 0.3 is 24.7 Å². The molecule has 2 aromatic carbocycles. The minimum atomic E-state index is -4.69. The molecule has 6 heterocycles. The summed E-state index contributed by atoms with van der Waals surface area (Å²) >= 11 is 12.8. The molecule has 8 rings (SSSR count). The van der Waals surface area contributed by atoms with Crippen molar-refractivity contribution in [1.82, 2.24) is 39.7 Å². The Morgan fingerprint density at radius 3 is 1.33 bits per heavy atom. The van der Waals surface area contributed by atoms with Gasteiger partial charge in [-0.3, -0.25) is 29.1 Å². The molecule has 0 saturated carbocycles. The van der Waals surface area contributed by atoms with E-state index in [4.69, 9.17) is 47.8 Å². The summed E-state index contributed by atoms with van der Waals surface area (Å²) in [6.45, 7) is 21.3. The predicted octanol–water partition coefficient (Wildman–Crippen LogP) is 8.65. The van der Waals surface area contributed by atoms with Gasteiger partial charge in [0.15, 0.2) is 11.7 Å². The zero-order chi connectivity index (χ0) is 51.0. The zero-order valence-electron chi connectivity index (χ0n) is 35.7. The highest BCUT2D eigenvalue weighted by Gasteiger charge is 2.40. The zero-order valence-corrected chi connectivity index (χ0v) is 37.2. The molecule has 26 heteroatoms. The first-order valence-corrected chi connectivity index (χ1v) is 20.9. The van der Waals surface area contributed by atoms with Gasteiger partial charge < -0.3 is 21.3 Å². The number of aromatic nitrogens is 6. The number of nitrogens with two attached hydrogens (primary N) is 2. The maximum atomic E-state index is 13.6. The van der Waals surface area contributed by atoms with E-state index in [1.54, 1.807) is 9.80 Å². The number of benzene rings is 2. The van der Waals surface area contributed by atoms with E-state index in [1.807, 2.05) is 0 Å². The number of pyridine rings is 2. The molecule has 70 heavy (non-hydrogen) atoms. The maximum Gasteiger partial charge on any atom is 0.418 e. The molecule has 2 saturated heterocycles. The first-order chi connectivity index (χ1) is 33.0. The number of hydrogen-bond acceptors (Lipinski definition) is 12. The van der Waals surface area contributed by atoms with Crippen LogP contribution in [0.3, 0.4) is 0 Å². The Bertz CT molecular complexity index is 2990. The van der Waals surface area contributed by atoms with Gasteiger partial charge in [-0.15, -0.1) is 0 Å². The number of alkyl halides is 6. The number of nitrogen functional groups attached to an aromatic ring is 2. The molecular formula is C44H32Cl2F8N14O2. The van der Waals surface area contributed by atoms with Gasteiger partial charge in [-0.05, 0) is 48.5 Å². The number of piperazine rings is 2. The largest absolute Gasteiger partial charge is 0.418 e. The summed E-state index contributed by atoms with van der Waals surface area (Å²) in [4.78, 5) is 61.0. The first kappa shape index (κ1) is 49.9. The van der Waals surface area contributed by atoms with E-state index >= 15 is 0 Å². The highest BCUT2D eigenvalue weighted by atomic mass is 35.5. The van der Waals surface area contributed by atoms with Crippen molar-refractivity contribution in [2.75, 3.05) is 60.5 Å². The fourth-order valence-corrected chi connectivity index (χ4v) is 8.24. The van der Waals surface area contributed by atoms with Crippen molar-refractivity contribution in [1.29, 1.82) is 0 Å². The van der Waals surface area contributed by atoms with Crippen LogP contribution in [0, 0.1) is 13.1 Å². The van der Waals surface area contributed by atoms with E-state index in [0.717, 1.165) is 34.1 Å². The highest BCUT2D eigenvalue weighted by molar-refractivity contribution is 6.35. The summed E-state index contributed by atoms with van der Waals surface area (Å²) in [5.41, 5.74) is 8.93. The van der Waals surface area contributed by atoms with E-state index in [0.29, 0.717) is 22.4 Å². The topological polar surface area (TPSA) is 185 Å². The summed E-state index contributed by atoms with van der Waals surface area (Å²) in [5.74, 6) is -3.73. The number of fused-ring (bicyclic) bond motifs is 2. The Kier molecular flexibility index (Phi) is 14.0. The van der Waals surface area contributed by atoms with Crippen LogP contribution in [0.25, 0.3) is 54.0 Å². The lowest BCUT2D eigenvalue weighted by atomic mass is 10.0. The van der Waals surface area contributed by atoms with Crippen LogP contribution >= 0.6 is 23.2 Å². The smallest absolute Gasteiger partial charge is 0.384 e. The second-order valence-corrected chi connectivity index (χ2v) is 16.1. The molecule has 2 amide bonds. The van der Waals surface area contributed by atoms with Crippen LogP contribution in [-0.2, 0) is 21.9 Å². The van der Waals surface area contributed by atoms with Crippen LogP contribution < -0.4 is 21.3 Å². The van der Waals surface area contributed by atoms with Gasteiger partial charge in [0.25, 0.3) is 11.8 Å². The molecule has 0 aliphatic carbocycles. The number of hydrogen-bond donors (Lipinski definition) is 2. The van der Waals surface area contributed by atoms with Crippen LogP contribution in [0.1, 0.15) is 11.1 Å². The minimum absolute atomic E-state index is 0.0145. The normalized spacial score (nSPS) is 16.3. The van der Waals surface area contributed by atoms with E-state index in [9.17, 15) is 44.7 Å². The molecule has 4 N–H and O–H groups in total. The number of halogens is 10. The Morgan fingerprint density at radius 2 is 1.00 bits per heavy atom. The SMILES string of the molecule is [C-]#[N+][C@@H]1CN(c2ncnc3cc(-c4nc(N)ccc4C(F)(F)F)c(Cl)cc23)CCN1C(=O)C(=C)F.[C-]#[N+][C@H]1CN(c2ncnc3cc(-c4nc(N)ccc4C(F)(F)F)c(Cl)cc23)CCN1C(=O)C(=C)F. The van der Waals surface area contributed by atoms with E-state index in [1.165, 1.54) is 36.9 Å². The van der Waals surface area contributed by atoms with Crippen molar-refractivity contribution in [3.63, 3.8) is 0 Å². The van der Waals surface area contributed by atoms with Gasteiger partial charge in [0.05, 0.1) is 43.6 Å². The number of amides is 2. The standard InChI is InChI=1S/2C22H16ClF4N7O/c2*1-11(24)21(35)34-6-5-33(9-18(34)29-2)20-13-7-15(23)12(8-16(13)30-10-31-20)19-14(22(25,26)27)3-4-17(28)32-19/h2*3-4,7-8,10,18H,1,5-6,9H2,(H2,28,32)/t2*18-/m10/s1. The van der Waals surface area contributed by atoms with Gasteiger partial charge in [0, 0.05) is 48.1 Å². The van der Waals surface area contributed by atoms with E-state index in [2.05, 4.69) is 52.8 Å². The summed E-state index contributed by atoms with van der Waals surface area (Å²) in [6, 6.07) is 9.33. The predicted molar refractivity (Wildman–Crippen MR) is 244 cm³/mol. The molecule has 2 aliphatic rings. The Hall–Kier alpha value is -7.96. The fraction of sp³-hybridized carbons (Fsp3) is 0.227. The van der Waals surface area contributed by atoms with E-state index in [-0.39, 0.29) is 83.1 Å². The lowest BCUT2D eigenvalue weighted by molar-refractivity contribution is -0.138. The van der Waals surface area contributed by atoms with Crippen molar-refractivity contribution in [3.8, 4) is 22.5 Å². The van der Waals surface area contributed by atoms with Gasteiger partial charge in [0.1, 0.15) is 49.0 Å². The van der Waals surface area contributed by atoms with Crippen molar-refractivity contribution in [2.24, 2.45) is 0 Å². The highest BCUT2D eigenvalue weighted by Crippen LogP contribution is 2.43. The van der Waals surface area contributed by atoms with Gasteiger partial charge in [-0.2, -0.15) is 26.3 Å². The summed E-state index contributed by atoms with van der Waals surface area (Å²) in [5, 5.41) is 0.747. The van der Waals surface area contributed by atoms with Crippen molar-refractivity contribution in [2.45, 2.75) is 24.7 Å².